The molecule has 7 N–H and O–H groups in total. The number of aromatic amines is 1. The third kappa shape index (κ3) is 10.6. The van der Waals surface area contributed by atoms with Gasteiger partial charge in [-0.15, -0.1) is 0 Å². The molecule has 0 spiro atoms. The molecule has 15 heteroatoms. The molecule has 6 amide bonds. The predicted octanol–water partition coefficient (Wildman–Crippen LogP) is 3.54. The van der Waals surface area contributed by atoms with Gasteiger partial charge >= 0.3 is 0 Å². The number of carbonyl (C=O) groups is 6. The van der Waals surface area contributed by atoms with Crippen molar-refractivity contribution in [2.75, 3.05) is 6.54 Å². The van der Waals surface area contributed by atoms with Crippen LogP contribution >= 0.6 is 0 Å². The molecule has 2 saturated heterocycles. The van der Waals surface area contributed by atoms with Crippen LogP contribution in [-0.2, 0) is 54.5 Å². The first-order valence-electron chi connectivity index (χ1n) is 22.2. The van der Waals surface area contributed by atoms with Crippen molar-refractivity contribution in [2.45, 2.75) is 87.8 Å². The van der Waals surface area contributed by atoms with Gasteiger partial charge in [0.1, 0.15) is 42.1 Å². The van der Waals surface area contributed by atoms with Crippen LogP contribution in [0.5, 0.6) is 0 Å². The lowest BCUT2D eigenvalue weighted by atomic mass is 9.98. The molecule has 7 atom stereocenters. The van der Waals surface area contributed by atoms with Crippen LogP contribution in [0, 0.1) is 5.82 Å². The van der Waals surface area contributed by atoms with Crippen LogP contribution in [0.3, 0.4) is 0 Å². The summed E-state index contributed by atoms with van der Waals surface area (Å²) in [6.45, 7) is 1.49. The number of rotatable bonds is 9. The Morgan fingerprint density at radius 1 is 0.591 bits per heavy atom. The van der Waals surface area contributed by atoms with Gasteiger partial charge in [0, 0.05) is 49.3 Å². The molecule has 5 aromatic carbocycles. The minimum absolute atomic E-state index is 0.0186. The molecule has 3 heterocycles. The summed E-state index contributed by atoms with van der Waals surface area (Å²) in [7, 11) is 0. The number of fused-ring (bicyclic) bond motifs is 3. The maximum atomic E-state index is 14.8. The van der Waals surface area contributed by atoms with Gasteiger partial charge in [0.05, 0.1) is 6.10 Å². The number of aromatic nitrogens is 1. The Morgan fingerprint density at radius 3 is 1.88 bits per heavy atom. The molecule has 14 nitrogen and oxygen atoms in total. The summed E-state index contributed by atoms with van der Waals surface area (Å²) in [6.07, 6.45) is 0.815. The number of hydrogen-bond acceptors (Lipinski definition) is 7. The van der Waals surface area contributed by atoms with Gasteiger partial charge in [0.25, 0.3) is 0 Å². The number of aliphatic hydroxyl groups is 1. The highest BCUT2D eigenvalue weighted by Gasteiger charge is 2.41. The Kier molecular flexibility index (Phi) is 13.8. The number of benzene rings is 5. The highest BCUT2D eigenvalue weighted by molar-refractivity contribution is 5.99. The Bertz CT molecular complexity index is 2740. The number of nitrogens with one attached hydrogen (secondary N) is 6. The average molecular weight is 894 g/mol. The van der Waals surface area contributed by atoms with E-state index in [0.29, 0.717) is 23.1 Å². The van der Waals surface area contributed by atoms with Gasteiger partial charge in [0.15, 0.2) is 0 Å². The van der Waals surface area contributed by atoms with Gasteiger partial charge < -0.3 is 41.6 Å². The van der Waals surface area contributed by atoms with E-state index >= 15 is 0 Å². The summed E-state index contributed by atoms with van der Waals surface area (Å²) in [5, 5.41) is 27.6. The number of aliphatic hydroxyl groups excluding tert-OH is 1. The zero-order chi connectivity index (χ0) is 46.3. The molecule has 8 rings (SSSR count). The fourth-order valence-corrected chi connectivity index (χ4v) is 8.89. The second-order valence-electron chi connectivity index (χ2n) is 17.1. The Morgan fingerprint density at radius 2 is 1.15 bits per heavy atom. The van der Waals surface area contributed by atoms with Crippen LogP contribution in [0.4, 0.5) is 4.39 Å². The van der Waals surface area contributed by atoms with Gasteiger partial charge in [0.2, 0.25) is 35.4 Å². The van der Waals surface area contributed by atoms with Crippen LogP contribution in [0.25, 0.3) is 21.7 Å². The average Bonchev–Trinajstić information content (AvgIpc) is 3.98. The van der Waals surface area contributed by atoms with Crippen molar-refractivity contribution in [2.24, 2.45) is 0 Å². The number of amides is 6. The maximum Gasteiger partial charge on any atom is 0.246 e. The highest BCUT2D eigenvalue weighted by Crippen LogP contribution is 2.23. The third-order valence-corrected chi connectivity index (χ3v) is 12.4. The zero-order valence-electron chi connectivity index (χ0n) is 36.3. The van der Waals surface area contributed by atoms with Crippen molar-refractivity contribution >= 4 is 57.1 Å². The molecule has 340 valence electrons. The van der Waals surface area contributed by atoms with Crippen LogP contribution < -0.4 is 26.6 Å². The van der Waals surface area contributed by atoms with Gasteiger partial charge in [-0.1, -0.05) is 103 Å². The highest BCUT2D eigenvalue weighted by atomic mass is 19.1. The van der Waals surface area contributed by atoms with Crippen molar-refractivity contribution in [3.8, 4) is 0 Å². The number of hydrogen-bond donors (Lipinski definition) is 7. The van der Waals surface area contributed by atoms with E-state index in [1.807, 2.05) is 72.8 Å². The van der Waals surface area contributed by atoms with Gasteiger partial charge in [-0.25, -0.2) is 4.39 Å². The minimum Gasteiger partial charge on any atom is -0.391 e. The summed E-state index contributed by atoms with van der Waals surface area (Å²) in [4.78, 5) is 92.0. The summed E-state index contributed by atoms with van der Waals surface area (Å²) < 4.78 is 14.1. The molecule has 0 unspecified atom stereocenters. The molecule has 0 bridgehead atoms. The van der Waals surface area contributed by atoms with E-state index in [1.165, 1.54) is 36.1 Å². The molecule has 2 aliphatic rings. The van der Waals surface area contributed by atoms with Gasteiger partial charge in [-0.3, -0.25) is 28.8 Å². The largest absolute Gasteiger partial charge is 0.391 e. The van der Waals surface area contributed by atoms with Crippen LogP contribution in [-0.4, -0.2) is 99.3 Å². The molecule has 0 saturated carbocycles. The van der Waals surface area contributed by atoms with E-state index in [2.05, 4.69) is 31.6 Å². The zero-order valence-corrected chi connectivity index (χ0v) is 36.3. The molecule has 66 heavy (non-hydrogen) atoms. The molecule has 1 aromatic heterocycles. The fourth-order valence-electron chi connectivity index (χ4n) is 8.89. The molecule has 0 aliphatic carbocycles. The maximum absolute atomic E-state index is 14.8. The molecular weight excluding hydrogens is 842 g/mol. The first kappa shape index (κ1) is 45.2. The molecule has 6 aromatic rings. The summed E-state index contributed by atoms with van der Waals surface area (Å²) in [6, 6.07) is 27.3. The first-order valence-corrected chi connectivity index (χ1v) is 22.2. The Labute approximate surface area is 380 Å². The summed E-state index contributed by atoms with van der Waals surface area (Å²) >= 11 is 0. The lowest BCUT2D eigenvalue weighted by molar-refractivity contribution is -0.143. The molecular formula is C51H52FN7O7. The third-order valence-electron chi connectivity index (χ3n) is 12.4. The van der Waals surface area contributed by atoms with E-state index in [0.717, 1.165) is 27.2 Å². The topological polar surface area (TPSA) is 202 Å². The summed E-state index contributed by atoms with van der Waals surface area (Å²) in [5.41, 5.74) is 3.36. The number of H-pyrrole nitrogens is 1. The Balaban J connectivity index is 1.20. The van der Waals surface area contributed by atoms with Crippen molar-refractivity contribution in [1.29, 1.82) is 0 Å². The first-order chi connectivity index (χ1) is 31.9. The fraction of sp³-hybridized carbons (Fsp3) is 0.294. The van der Waals surface area contributed by atoms with Crippen molar-refractivity contribution < 1.29 is 38.3 Å². The second-order valence-corrected chi connectivity index (χ2v) is 17.1. The molecule has 0 radical (unpaired) electrons. The van der Waals surface area contributed by atoms with Crippen molar-refractivity contribution in [3.63, 3.8) is 0 Å². The van der Waals surface area contributed by atoms with Crippen molar-refractivity contribution in [1.82, 2.24) is 36.5 Å². The van der Waals surface area contributed by atoms with Crippen molar-refractivity contribution in [3.05, 3.63) is 156 Å². The Hall–Kier alpha value is -7.39. The van der Waals surface area contributed by atoms with Crippen LogP contribution in [0.1, 0.15) is 42.0 Å². The standard InChI is InChI=1S/C51H52FN7O7/c1-30(60)45-50(65)57-43(26-31-10-3-2-4-11-31)51(66)59-23-9-16-44(59)49(64)56-41(27-33-17-20-34-12-5-6-13-35(34)24-33)46(61)55-42(28-36-29-53-39-15-8-7-14-38(36)39)47(62)54-40(48(63)58-45)25-32-18-21-37(52)22-19-32/h2-8,10-15,17-22,24,29-30,40-45,53,60H,9,16,23,25-28H2,1H3,(H,54,62)(H,55,61)(H,56,64)(H,57,65)(H,58,63)/t30-,40+,41+,42-,43+,44+,45-/m1/s1. The van der Waals surface area contributed by atoms with Gasteiger partial charge in [-0.2, -0.15) is 0 Å². The van der Waals surface area contributed by atoms with E-state index in [4.69, 9.17) is 0 Å². The normalized spacial score (nSPS) is 22.9. The molecule has 2 aliphatic heterocycles. The minimum atomic E-state index is -1.61. The van der Waals surface area contributed by atoms with E-state index in [-0.39, 0.29) is 38.6 Å². The van der Waals surface area contributed by atoms with E-state index in [1.54, 1.807) is 30.5 Å². The lowest BCUT2D eigenvalue weighted by Gasteiger charge is -2.32. The molecule has 2 fully saturated rings. The SMILES string of the molecule is C[C@@H](O)[C@H]1NC(=O)[C@H](Cc2ccc(F)cc2)NC(=O)[C@@H](Cc2c[nH]c3ccccc23)NC(=O)[C@H](Cc2ccc3ccccc3c2)NC(=O)[C@@H]2CCCN2C(=O)[C@H](Cc2ccccc2)NC1=O. The number of para-hydroxylation sites is 1. The van der Waals surface area contributed by atoms with Gasteiger partial charge in [-0.05, 0) is 71.0 Å². The van der Waals surface area contributed by atoms with Crippen LogP contribution in [0.2, 0.25) is 0 Å². The number of nitrogens with zero attached hydrogens (tertiary/aromatic N) is 1. The smallest absolute Gasteiger partial charge is 0.246 e. The summed E-state index contributed by atoms with van der Waals surface area (Å²) in [5.74, 6) is -4.84. The van der Waals surface area contributed by atoms with Crippen LogP contribution in [0.15, 0.2) is 128 Å². The van der Waals surface area contributed by atoms with E-state index in [9.17, 15) is 38.3 Å². The monoisotopic (exact) mass is 893 g/mol. The second kappa shape index (κ2) is 20.2. The number of halogens is 1. The lowest BCUT2D eigenvalue weighted by Crippen LogP contribution is -2.63. The predicted molar refractivity (Wildman–Crippen MR) is 246 cm³/mol. The quantitative estimate of drug-likeness (QED) is 0.115. The number of carbonyl (C=O) groups excluding carboxylic acids is 6. The van der Waals surface area contributed by atoms with E-state index < -0.39 is 83.6 Å².